The molecular formula is C19H21NO3S. The van der Waals surface area contributed by atoms with Crippen molar-refractivity contribution in [3.8, 4) is 5.75 Å². The monoisotopic (exact) mass is 343 g/mol. The Balaban J connectivity index is 1.89. The molecule has 0 unspecified atom stereocenters. The Labute approximate surface area is 146 Å². The van der Waals surface area contributed by atoms with E-state index in [2.05, 4.69) is 11.4 Å². The number of benzene rings is 2. The van der Waals surface area contributed by atoms with Gasteiger partial charge < -0.3 is 10.1 Å². The Kier molecular flexibility index (Phi) is 6.44. The summed E-state index contributed by atoms with van der Waals surface area (Å²) in [6, 6.07) is 13.0. The fraction of sp³-hybridized carbons (Fsp3) is 0.263. The zero-order chi connectivity index (χ0) is 17.5. The van der Waals surface area contributed by atoms with E-state index in [9.17, 15) is 9.59 Å². The number of thioether (sulfide) groups is 1. The molecule has 0 atom stereocenters. The topological polar surface area (TPSA) is 55.4 Å². The van der Waals surface area contributed by atoms with Gasteiger partial charge in [-0.25, -0.2) is 0 Å². The standard InChI is InChI=1S/C19H21NO3S/c1-13-7-8-18(23-3)16(9-13)11-24-12-19(22)20-17-6-4-5-15(10-17)14(2)21/h4-10H,11-12H2,1-3H3,(H,20,22). The molecule has 0 aliphatic rings. The number of carbonyl (C=O) groups is 2. The first kappa shape index (κ1) is 18.1. The van der Waals surface area contributed by atoms with Crippen molar-refractivity contribution in [3.63, 3.8) is 0 Å². The van der Waals surface area contributed by atoms with Crippen molar-refractivity contribution >= 4 is 29.1 Å². The molecule has 0 radical (unpaired) electrons. The van der Waals surface area contributed by atoms with Crippen LogP contribution in [-0.4, -0.2) is 24.6 Å². The predicted octanol–water partition coefficient (Wildman–Crippen LogP) is 4.08. The lowest BCUT2D eigenvalue weighted by atomic mass is 10.1. The summed E-state index contributed by atoms with van der Waals surface area (Å²) < 4.78 is 5.34. The lowest BCUT2D eigenvalue weighted by Gasteiger charge is -2.10. The Hall–Kier alpha value is -2.27. The highest BCUT2D eigenvalue weighted by Crippen LogP contribution is 2.24. The summed E-state index contributed by atoms with van der Waals surface area (Å²) in [5.41, 5.74) is 3.47. The van der Waals surface area contributed by atoms with Crippen LogP contribution in [0.1, 0.15) is 28.4 Å². The highest BCUT2D eigenvalue weighted by atomic mass is 32.2. The van der Waals surface area contributed by atoms with Crippen molar-refractivity contribution in [2.45, 2.75) is 19.6 Å². The molecule has 0 aromatic heterocycles. The number of nitrogens with one attached hydrogen (secondary N) is 1. The number of rotatable bonds is 7. The predicted molar refractivity (Wildman–Crippen MR) is 99.0 cm³/mol. The average molecular weight is 343 g/mol. The van der Waals surface area contributed by atoms with Crippen LogP contribution in [0.5, 0.6) is 5.75 Å². The first-order chi connectivity index (χ1) is 11.5. The summed E-state index contributed by atoms with van der Waals surface area (Å²) >= 11 is 1.52. The van der Waals surface area contributed by atoms with Crippen molar-refractivity contribution in [2.24, 2.45) is 0 Å². The number of hydrogen-bond donors (Lipinski definition) is 1. The van der Waals surface area contributed by atoms with Gasteiger partial charge in [0, 0.05) is 22.6 Å². The zero-order valence-electron chi connectivity index (χ0n) is 14.1. The van der Waals surface area contributed by atoms with Crippen LogP contribution >= 0.6 is 11.8 Å². The van der Waals surface area contributed by atoms with Gasteiger partial charge in [0.05, 0.1) is 12.9 Å². The van der Waals surface area contributed by atoms with Gasteiger partial charge in [-0.05, 0) is 32.0 Å². The molecule has 4 nitrogen and oxygen atoms in total. The average Bonchev–Trinajstić information content (AvgIpc) is 2.55. The Morgan fingerprint density at radius 3 is 2.67 bits per heavy atom. The summed E-state index contributed by atoms with van der Waals surface area (Å²) in [5.74, 6) is 1.76. The minimum absolute atomic E-state index is 0.0213. The van der Waals surface area contributed by atoms with Crippen LogP contribution in [0.3, 0.4) is 0 Å². The molecule has 0 aliphatic carbocycles. The van der Waals surface area contributed by atoms with Crippen LogP contribution in [0, 0.1) is 6.92 Å². The van der Waals surface area contributed by atoms with Crippen molar-refractivity contribution in [2.75, 3.05) is 18.2 Å². The van der Waals surface area contributed by atoms with Crippen LogP contribution < -0.4 is 10.1 Å². The maximum Gasteiger partial charge on any atom is 0.234 e. The van der Waals surface area contributed by atoms with Crippen LogP contribution in [-0.2, 0) is 10.5 Å². The fourth-order valence-electron chi connectivity index (χ4n) is 2.29. The van der Waals surface area contributed by atoms with E-state index < -0.39 is 0 Å². The highest BCUT2D eigenvalue weighted by Gasteiger charge is 2.07. The third kappa shape index (κ3) is 5.13. The minimum Gasteiger partial charge on any atom is -0.496 e. The van der Waals surface area contributed by atoms with Crippen LogP contribution in [0.2, 0.25) is 0 Å². The van der Waals surface area contributed by atoms with E-state index in [4.69, 9.17) is 4.74 Å². The first-order valence-electron chi connectivity index (χ1n) is 7.61. The van der Waals surface area contributed by atoms with Crippen molar-refractivity contribution in [1.29, 1.82) is 0 Å². The van der Waals surface area contributed by atoms with Gasteiger partial charge in [-0.1, -0.05) is 29.8 Å². The van der Waals surface area contributed by atoms with Crippen LogP contribution in [0.15, 0.2) is 42.5 Å². The van der Waals surface area contributed by atoms with E-state index in [1.165, 1.54) is 18.7 Å². The Morgan fingerprint density at radius 2 is 1.96 bits per heavy atom. The van der Waals surface area contributed by atoms with Crippen LogP contribution in [0.25, 0.3) is 0 Å². The van der Waals surface area contributed by atoms with Gasteiger partial charge in [-0.3, -0.25) is 9.59 Å². The molecule has 24 heavy (non-hydrogen) atoms. The zero-order valence-corrected chi connectivity index (χ0v) is 14.9. The number of ether oxygens (including phenoxy) is 1. The van der Waals surface area contributed by atoms with E-state index in [0.717, 1.165) is 16.9 Å². The number of ketones is 1. The number of aryl methyl sites for hydroxylation is 1. The smallest absolute Gasteiger partial charge is 0.234 e. The second-order valence-corrected chi connectivity index (χ2v) is 6.48. The van der Waals surface area contributed by atoms with Gasteiger partial charge in [0.2, 0.25) is 5.91 Å². The van der Waals surface area contributed by atoms with Gasteiger partial charge in [-0.15, -0.1) is 11.8 Å². The second kappa shape index (κ2) is 8.55. The number of methoxy groups -OCH3 is 1. The molecule has 0 bridgehead atoms. The molecule has 5 heteroatoms. The summed E-state index contributed by atoms with van der Waals surface area (Å²) in [6.07, 6.45) is 0. The third-order valence-corrected chi connectivity index (χ3v) is 4.46. The van der Waals surface area contributed by atoms with Crippen molar-refractivity contribution < 1.29 is 14.3 Å². The van der Waals surface area contributed by atoms with Gasteiger partial charge >= 0.3 is 0 Å². The first-order valence-corrected chi connectivity index (χ1v) is 8.77. The number of anilines is 1. The maximum absolute atomic E-state index is 12.1. The largest absolute Gasteiger partial charge is 0.496 e. The summed E-state index contributed by atoms with van der Waals surface area (Å²) in [7, 11) is 1.65. The molecular weight excluding hydrogens is 322 g/mol. The number of Topliss-reactive ketones (excluding diaryl/α,β-unsaturated/α-hetero) is 1. The molecule has 126 valence electrons. The molecule has 0 spiro atoms. The molecule has 0 aliphatic heterocycles. The SMILES string of the molecule is COc1ccc(C)cc1CSCC(=O)Nc1cccc(C(C)=O)c1. The second-order valence-electron chi connectivity index (χ2n) is 5.49. The molecule has 2 rings (SSSR count). The van der Waals surface area contributed by atoms with Crippen molar-refractivity contribution in [3.05, 3.63) is 59.2 Å². The number of amides is 1. The van der Waals surface area contributed by atoms with Crippen LogP contribution in [0.4, 0.5) is 5.69 Å². The molecule has 0 heterocycles. The van der Waals surface area contributed by atoms with E-state index in [-0.39, 0.29) is 11.7 Å². The van der Waals surface area contributed by atoms with Gasteiger partial charge in [0.25, 0.3) is 0 Å². The molecule has 0 saturated carbocycles. The lowest BCUT2D eigenvalue weighted by Crippen LogP contribution is -2.14. The van der Waals surface area contributed by atoms with E-state index in [0.29, 0.717) is 22.8 Å². The molecule has 0 fully saturated rings. The summed E-state index contributed by atoms with van der Waals surface area (Å²) in [5, 5.41) is 2.82. The molecule has 0 saturated heterocycles. The highest BCUT2D eigenvalue weighted by molar-refractivity contribution is 7.99. The van der Waals surface area contributed by atoms with Crippen molar-refractivity contribution in [1.82, 2.24) is 0 Å². The molecule has 2 aromatic rings. The summed E-state index contributed by atoms with van der Waals surface area (Å²) in [4.78, 5) is 23.4. The minimum atomic E-state index is -0.0904. The number of carbonyl (C=O) groups excluding carboxylic acids is 2. The lowest BCUT2D eigenvalue weighted by molar-refractivity contribution is -0.113. The van der Waals surface area contributed by atoms with Gasteiger partial charge in [0.1, 0.15) is 5.75 Å². The van der Waals surface area contributed by atoms with Gasteiger partial charge in [0.15, 0.2) is 5.78 Å². The normalized spacial score (nSPS) is 10.3. The molecule has 1 N–H and O–H groups in total. The maximum atomic E-state index is 12.1. The summed E-state index contributed by atoms with van der Waals surface area (Å²) in [6.45, 7) is 3.54. The number of hydrogen-bond acceptors (Lipinski definition) is 4. The Morgan fingerprint density at radius 1 is 1.17 bits per heavy atom. The van der Waals surface area contributed by atoms with Gasteiger partial charge in [-0.2, -0.15) is 0 Å². The van der Waals surface area contributed by atoms with E-state index in [1.54, 1.807) is 31.4 Å². The quantitative estimate of drug-likeness (QED) is 0.770. The Bertz CT molecular complexity index is 743. The fourth-order valence-corrected chi connectivity index (χ4v) is 3.09. The molecule has 1 amide bonds. The van der Waals surface area contributed by atoms with E-state index >= 15 is 0 Å². The third-order valence-electron chi connectivity index (χ3n) is 3.48. The molecule has 2 aromatic carbocycles. The van der Waals surface area contributed by atoms with E-state index in [1.807, 2.05) is 19.1 Å².